The molecule has 1 unspecified atom stereocenters. The summed E-state index contributed by atoms with van der Waals surface area (Å²) in [5.41, 5.74) is 8.02. The Kier molecular flexibility index (Phi) is 3.54. The fourth-order valence-corrected chi connectivity index (χ4v) is 4.69. The van der Waals surface area contributed by atoms with Crippen molar-refractivity contribution in [3.05, 3.63) is 23.2 Å². The van der Waals surface area contributed by atoms with Gasteiger partial charge in [-0.2, -0.15) is 0 Å². The Hall–Kier alpha value is -1.26. The first-order valence-corrected chi connectivity index (χ1v) is 8.51. The smallest absolute Gasteiger partial charge is 0.139 e. The SMILES string of the molecule is COc1cc(N=C2CC3(CC4CCC3CC4)NN2)ccc1Cl. The molecular weight excluding hydrogens is 298 g/mol. The molecule has 1 aromatic carbocycles. The Morgan fingerprint density at radius 1 is 1.27 bits per heavy atom. The molecule has 1 spiro atoms. The molecule has 2 bridgehead atoms. The molecule has 5 heteroatoms. The Balaban J connectivity index is 1.55. The van der Waals surface area contributed by atoms with Crippen molar-refractivity contribution in [1.82, 2.24) is 10.9 Å². The van der Waals surface area contributed by atoms with Crippen molar-refractivity contribution >= 4 is 23.1 Å². The zero-order valence-electron chi connectivity index (χ0n) is 12.9. The number of methoxy groups -OCH3 is 1. The van der Waals surface area contributed by atoms with Gasteiger partial charge in [0.25, 0.3) is 0 Å². The van der Waals surface area contributed by atoms with E-state index in [0.717, 1.165) is 29.8 Å². The van der Waals surface area contributed by atoms with Crippen molar-refractivity contribution in [3.63, 3.8) is 0 Å². The Morgan fingerprint density at radius 3 is 2.77 bits per heavy atom. The van der Waals surface area contributed by atoms with E-state index in [-0.39, 0.29) is 5.54 Å². The van der Waals surface area contributed by atoms with Crippen molar-refractivity contribution in [1.29, 1.82) is 0 Å². The molecule has 118 valence electrons. The second-order valence-electron chi connectivity index (χ2n) is 6.88. The normalized spacial score (nSPS) is 35.1. The minimum absolute atomic E-state index is 0.233. The fraction of sp³-hybridized carbons (Fsp3) is 0.588. The van der Waals surface area contributed by atoms with E-state index in [9.17, 15) is 0 Å². The van der Waals surface area contributed by atoms with Gasteiger partial charge in [0, 0.05) is 18.0 Å². The van der Waals surface area contributed by atoms with E-state index in [0.29, 0.717) is 10.8 Å². The summed E-state index contributed by atoms with van der Waals surface area (Å²) in [6, 6.07) is 5.65. The van der Waals surface area contributed by atoms with Crippen LogP contribution in [0, 0.1) is 11.8 Å². The first kappa shape index (κ1) is 14.3. The summed E-state index contributed by atoms with van der Waals surface area (Å²) < 4.78 is 5.26. The Labute approximate surface area is 136 Å². The summed E-state index contributed by atoms with van der Waals surface area (Å²) in [6.07, 6.45) is 7.83. The molecule has 2 N–H and O–H groups in total. The van der Waals surface area contributed by atoms with Crippen molar-refractivity contribution < 1.29 is 4.74 Å². The third-order valence-electron chi connectivity index (χ3n) is 5.62. The molecule has 4 aliphatic rings. The third kappa shape index (κ3) is 2.38. The average molecular weight is 320 g/mol. The van der Waals surface area contributed by atoms with Crippen LogP contribution in [0.5, 0.6) is 5.75 Å². The van der Waals surface area contributed by atoms with Crippen LogP contribution >= 0.6 is 11.6 Å². The summed E-state index contributed by atoms with van der Waals surface area (Å²) in [6.45, 7) is 0. The zero-order valence-corrected chi connectivity index (χ0v) is 13.6. The van der Waals surface area contributed by atoms with E-state index >= 15 is 0 Å². The standard InChI is InChI=1S/C17H22ClN3O/c1-22-15-8-13(6-7-14(15)18)19-16-10-17(21-20-16)9-11-2-4-12(17)5-3-11/h6-8,11-12,21H,2-5,9-10H2,1H3,(H,19,20). The van der Waals surface area contributed by atoms with Gasteiger partial charge in [-0.25, -0.2) is 10.4 Å². The molecule has 4 fully saturated rings. The maximum atomic E-state index is 6.07. The molecular formula is C17H22ClN3O. The molecule has 22 heavy (non-hydrogen) atoms. The molecule has 1 atom stereocenters. The van der Waals surface area contributed by atoms with E-state index < -0.39 is 0 Å². The van der Waals surface area contributed by atoms with Crippen LogP contribution in [0.4, 0.5) is 5.69 Å². The summed E-state index contributed by atoms with van der Waals surface area (Å²) >= 11 is 6.07. The average Bonchev–Trinajstić information content (AvgIpc) is 2.92. The van der Waals surface area contributed by atoms with E-state index in [2.05, 4.69) is 10.9 Å². The van der Waals surface area contributed by atoms with Crippen LogP contribution in [0.25, 0.3) is 0 Å². The number of nitrogens with one attached hydrogen (secondary N) is 2. The van der Waals surface area contributed by atoms with Gasteiger partial charge in [-0.3, -0.25) is 0 Å². The number of hydrazine groups is 1. The highest BCUT2D eigenvalue weighted by atomic mass is 35.5. The van der Waals surface area contributed by atoms with Crippen molar-refractivity contribution in [2.45, 2.75) is 44.1 Å². The lowest BCUT2D eigenvalue weighted by Gasteiger charge is -2.49. The lowest BCUT2D eigenvalue weighted by Crippen LogP contribution is -2.55. The van der Waals surface area contributed by atoms with Crippen molar-refractivity contribution in [3.8, 4) is 5.75 Å². The van der Waals surface area contributed by atoms with Crippen LogP contribution in [0.3, 0.4) is 0 Å². The largest absolute Gasteiger partial charge is 0.495 e. The molecule has 0 aromatic heterocycles. The van der Waals surface area contributed by atoms with E-state index in [1.807, 2.05) is 18.2 Å². The van der Waals surface area contributed by atoms with Gasteiger partial charge in [0.15, 0.2) is 0 Å². The summed E-state index contributed by atoms with van der Waals surface area (Å²) in [7, 11) is 1.63. The second kappa shape index (κ2) is 5.43. The summed E-state index contributed by atoms with van der Waals surface area (Å²) in [4.78, 5) is 4.75. The Morgan fingerprint density at radius 2 is 2.09 bits per heavy atom. The molecule has 0 radical (unpaired) electrons. The van der Waals surface area contributed by atoms with Crippen LogP contribution in [0.15, 0.2) is 23.2 Å². The van der Waals surface area contributed by atoms with Crippen molar-refractivity contribution in [2.75, 3.05) is 7.11 Å². The van der Waals surface area contributed by atoms with Gasteiger partial charge < -0.3 is 10.2 Å². The van der Waals surface area contributed by atoms with Gasteiger partial charge in [0.05, 0.1) is 17.8 Å². The molecule has 0 amide bonds. The Bertz CT molecular complexity index is 610. The number of amidine groups is 1. The monoisotopic (exact) mass is 319 g/mol. The van der Waals surface area contributed by atoms with Crippen LogP contribution < -0.4 is 15.6 Å². The molecule has 1 aliphatic heterocycles. The van der Waals surface area contributed by atoms with Gasteiger partial charge in [0.2, 0.25) is 0 Å². The van der Waals surface area contributed by atoms with Gasteiger partial charge in [-0.15, -0.1) is 0 Å². The number of halogens is 1. The summed E-state index contributed by atoms with van der Waals surface area (Å²) in [5.74, 6) is 3.38. The van der Waals surface area contributed by atoms with Crippen LogP contribution in [-0.2, 0) is 0 Å². The number of hydrogen-bond donors (Lipinski definition) is 2. The molecule has 1 aromatic rings. The molecule has 3 saturated carbocycles. The highest BCUT2D eigenvalue weighted by Gasteiger charge is 2.50. The lowest BCUT2D eigenvalue weighted by molar-refractivity contribution is 0.0523. The fourth-order valence-electron chi connectivity index (χ4n) is 4.50. The van der Waals surface area contributed by atoms with Gasteiger partial charge >= 0.3 is 0 Å². The topological polar surface area (TPSA) is 45.6 Å². The van der Waals surface area contributed by atoms with Crippen LogP contribution in [-0.4, -0.2) is 18.5 Å². The predicted octanol–water partition coefficient (Wildman–Crippen LogP) is 3.83. The molecule has 5 rings (SSSR count). The molecule has 4 nitrogen and oxygen atoms in total. The van der Waals surface area contributed by atoms with E-state index in [4.69, 9.17) is 21.3 Å². The molecule has 1 heterocycles. The maximum absolute atomic E-state index is 6.07. The minimum atomic E-state index is 0.233. The summed E-state index contributed by atoms with van der Waals surface area (Å²) in [5, 5.41) is 0.616. The number of nitrogens with zero attached hydrogens (tertiary/aromatic N) is 1. The number of benzene rings is 1. The maximum Gasteiger partial charge on any atom is 0.139 e. The second-order valence-corrected chi connectivity index (χ2v) is 7.29. The highest BCUT2D eigenvalue weighted by Crippen LogP contribution is 2.49. The number of hydrogen-bond acceptors (Lipinski definition) is 3. The highest BCUT2D eigenvalue weighted by molar-refractivity contribution is 6.32. The quantitative estimate of drug-likeness (QED) is 0.871. The minimum Gasteiger partial charge on any atom is -0.495 e. The van der Waals surface area contributed by atoms with Gasteiger partial charge in [0.1, 0.15) is 11.6 Å². The van der Waals surface area contributed by atoms with E-state index in [1.165, 1.54) is 32.1 Å². The number of rotatable bonds is 2. The van der Waals surface area contributed by atoms with E-state index in [1.54, 1.807) is 7.11 Å². The van der Waals surface area contributed by atoms with Crippen LogP contribution in [0.2, 0.25) is 5.02 Å². The van der Waals surface area contributed by atoms with Gasteiger partial charge in [-0.1, -0.05) is 24.4 Å². The van der Waals surface area contributed by atoms with Crippen molar-refractivity contribution in [2.24, 2.45) is 16.8 Å². The molecule has 3 aliphatic carbocycles. The first-order valence-electron chi connectivity index (χ1n) is 8.13. The van der Waals surface area contributed by atoms with Gasteiger partial charge in [-0.05, 0) is 43.2 Å². The first-order chi connectivity index (χ1) is 10.7. The predicted molar refractivity (Wildman–Crippen MR) is 88.8 cm³/mol. The van der Waals surface area contributed by atoms with Crippen LogP contribution in [0.1, 0.15) is 38.5 Å². The third-order valence-corrected chi connectivity index (χ3v) is 5.93. The number of ether oxygens (including phenoxy) is 1. The number of fused-ring (bicyclic) bond motifs is 2. The lowest BCUT2D eigenvalue weighted by atomic mass is 9.60. The number of aliphatic imine (C=N–C) groups is 1. The zero-order chi connectivity index (χ0) is 15.2. The molecule has 1 saturated heterocycles.